The number of nitrogens with zero attached hydrogens (tertiary/aromatic N) is 3. The summed E-state index contributed by atoms with van der Waals surface area (Å²) in [4.78, 5) is 19.5. The monoisotopic (exact) mass is 399 g/mol. The van der Waals surface area contributed by atoms with Gasteiger partial charge in [0, 0.05) is 43.4 Å². The van der Waals surface area contributed by atoms with Crippen LogP contribution < -0.4 is 9.64 Å². The van der Waals surface area contributed by atoms with Crippen molar-refractivity contribution in [2.24, 2.45) is 0 Å². The molecule has 1 amide bonds. The summed E-state index contributed by atoms with van der Waals surface area (Å²) in [6, 6.07) is 15.6. The molecular formula is C22H26ClN3O2. The van der Waals surface area contributed by atoms with E-state index in [1.807, 2.05) is 47.4 Å². The molecule has 0 saturated carbocycles. The first kappa shape index (κ1) is 19.1. The lowest BCUT2D eigenvalue weighted by atomic mass is 10.1. The van der Waals surface area contributed by atoms with Crippen LogP contribution in [0.25, 0.3) is 0 Å². The molecule has 148 valence electrons. The maximum atomic E-state index is 12.8. The molecule has 2 aromatic rings. The number of fused-ring (bicyclic) bond motifs is 1. The maximum Gasteiger partial charge on any atom is 0.257 e. The zero-order valence-corrected chi connectivity index (χ0v) is 16.8. The maximum absolute atomic E-state index is 12.8. The summed E-state index contributed by atoms with van der Waals surface area (Å²) in [6.45, 7) is 7.06. The summed E-state index contributed by atoms with van der Waals surface area (Å²) in [5, 5.41) is 0.785. The van der Waals surface area contributed by atoms with Crippen LogP contribution in [0.4, 0.5) is 5.69 Å². The highest BCUT2D eigenvalue weighted by atomic mass is 35.5. The Morgan fingerprint density at radius 2 is 1.75 bits per heavy atom. The van der Waals surface area contributed by atoms with Crippen molar-refractivity contribution in [3.63, 3.8) is 0 Å². The minimum absolute atomic E-state index is 0.0823. The molecule has 6 heteroatoms. The third-order valence-corrected chi connectivity index (χ3v) is 5.71. The highest BCUT2D eigenvalue weighted by molar-refractivity contribution is 6.30. The number of anilines is 1. The van der Waals surface area contributed by atoms with E-state index in [2.05, 4.69) is 15.9 Å². The number of para-hydroxylation sites is 1. The molecular weight excluding hydrogens is 374 g/mol. The second-order valence-corrected chi connectivity index (χ2v) is 7.74. The molecule has 28 heavy (non-hydrogen) atoms. The van der Waals surface area contributed by atoms with Crippen LogP contribution in [0.5, 0.6) is 5.75 Å². The predicted molar refractivity (Wildman–Crippen MR) is 113 cm³/mol. The molecule has 1 saturated heterocycles. The van der Waals surface area contributed by atoms with Gasteiger partial charge in [-0.2, -0.15) is 0 Å². The number of amides is 1. The lowest BCUT2D eigenvalue weighted by Gasteiger charge is -2.36. The topological polar surface area (TPSA) is 36.0 Å². The normalized spacial score (nSPS) is 17.8. The molecule has 4 rings (SSSR count). The summed E-state index contributed by atoms with van der Waals surface area (Å²) in [5.74, 6) is 0.783. The third-order valence-electron chi connectivity index (χ3n) is 5.47. The smallest absolute Gasteiger partial charge is 0.257 e. The molecule has 0 atom stereocenters. The van der Waals surface area contributed by atoms with Gasteiger partial charge in [0.25, 0.3) is 5.91 Å². The SMILES string of the molecule is O=C1c2ccccc2OCCN1CCCN1CCN(c2cccc(Cl)c2)CC1. The minimum atomic E-state index is 0.0823. The van der Waals surface area contributed by atoms with Crippen LogP contribution in [0.1, 0.15) is 16.8 Å². The number of carbonyl (C=O) groups excluding carboxylic acids is 1. The third kappa shape index (κ3) is 4.42. The number of ether oxygens (including phenoxy) is 1. The van der Waals surface area contributed by atoms with Gasteiger partial charge in [-0.25, -0.2) is 0 Å². The zero-order valence-electron chi connectivity index (χ0n) is 16.0. The van der Waals surface area contributed by atoms with Gasteiger partial charge in [0.2, 0.25) is 0 Å². The Morgan fingerprint density at radius 3 is 2.57 bits per heavy atom. The Hall–Kier alpha value is -2.24. The van der Waals surface area contributed by atoms with Crippen molar-refractivity contribution in [3.05, 3.63) is 59.1 Å². The molecule has 5 nitrogen and oxygen atoms in total. The Kier molecular flexibility index (Phi) is 6.03. The van der Waals surface area contributed by atoms with Crippen LogP contribution in [0.3, 0.4) is 0 Å². The summed E-state index contributed by atoms with van der Waals surface area (Å²) in [6.07, 6.45) is 0.977. The van der Waals surface area contributed by atoms with E-state index in [1.54, 1.807) is 0 Å². The van der Waals surface area contributed by atoms with Crippen molar-refractivity contribution in [1.29, 1.82) is 0 Å². The standard InChI is InChI=1S/C22H26ClN3O2/c23-18-5-3-6-19(17-18)25-13-11-24(12-14-25)9-4-10-26-15-16-28-21-8-2-1-7-20(21)22(26)27/h1-3,5-8,17H,4,9-16H2. The van der Waals surface area contributed by atoms with E-state index in [-0.39, 0.29) is 5.91 Å². The number of halogens is 1. The number of benzene rings is 2. The van der Waals surface area contributed by atoms with E-state index in [1.165, 1.54) is 5.69 Å². The van der Waals surface area contributed by atoms with Crippen LogP contribution in [0, 0.1) is 0 Å². The van der Waals surface area contributed by atoms with Gasteiger partial charge in [0.05, 0.1) is 12.1 Å². The first-order valence-electron chi connectivity index (χ1n) is 9.95. The Morgan fingerprint density at radius 1 is 0.929 bits per heavy atom. The molecule has 2 aromatic carbocycles. The molecule has 2 heterocycles. The van der Waals surface area contributed by atoms with E-state index in [4.69, 9.17) is 16.3 Å². The number of hydrogen-bond acceptors (Lipinski definition) is 4. The lowest BCUT2D eigenvalue weighted by Crippen LogP contribution is -2.47. The van der Waals surface area contributed by atoms with Gasteiger partial charge in [-0.15, -0.1) is 0 Å². The second kappa shape index (κ2) is 8.84. The van der Waals surface area contributed by atoms with Crippen LogP contribution in [-0.4, -0.2) is 68.1 Å². The van der Waals surface area contributed by atoms with Gasteiger partial charge in [-0.05, 0) is 43.3 Å². The van der Waals surface area contributed by atoms with E-state index >= 15 is 0 Å². The number of piperazine rings is 1. The van der Waals surface area contributed by atoms with Crippen LogP contribution in [-0.2, 0) is 0 Å². The molecule has 1 fully saturated rings. The van der Waals surface area contributed by atoms with Crippen molar-refractivity contribution in [2.45, 2.75) is 6.42 Å². The Balaban J connectivity index is 1.24. The number of carbonyl (C=O) groups is 1. The Bertz CT molecular complexity index is 821. The molecule has 0 spiro atoms. The van der Waals surface area contributed by atoms with Gasteiger partial charge in [0.15, 0.2) is 0 Å². The highest BCUT2D eigenvalue weighted by Crippen LogP contribution is 2.23. The first-order chi connectivity index (χ1) is 13.7. The van der Waals surface area contributed by atoms with E-state index in [0.29, 0.717) is 24.5 Å². The van der Waals surface area contributed by atoms with Crippen LogP contribution >= 0.6 is 11.6 Å². The molecule has 2 aliphatic heterocycles. The molecule has 0 aliphatic carbocycles. The Labute approximate surface area is 171 Å². The van der Waals surface area contributed by atoms with Crippen LogP contribution in [0.15, 0.2) is 48.5 Å². The summed E-state index contributed by atoms with van der Waals surface area (Å²) in [7, 11) is 0. The van der Waals surface area contributed by atoms with Crippen molar-refractivity contribution in [2.75, 3.05) is 57.3 Å². The van der Waals surface area contributed by atoms with Crippen molar-refractivity contribution in [1.82, 2.24) is 9.80 Å². The zero-order chi connectivity index (χ0) is 19.3. The first-order valence-corrected chi connectivity index (χ1v) is 10.3. The molecule has 0 N–H and O–H groups in total. The van der Waals surface area contributed by atoms with Gasteiger partial charge >= 0.3 is 0 Å². The van der Waals surface area contributed by atoms with E-state index in [0.717, 1.165) is 50.7 Å². The molecule has 0 unspecified atom stereocenters. The summed E-state index contributed by atoms with van der Waals surface area (Å²) in [5.41, 5.74) is 1.87. The van der Waals surface area contributed by atoms with E-state index in [9.17, 15) is 4.79 Å². The van der Waals surface area contributed by atoms with E-state index < -0.39 is 0 Å². The largest absolute Gasteiger partial charge is 0.491 e. The number of rotatable bonds is 5. The van der Waals surface area contributed by atoms with Crippen molar-refractivity contribution >= 4 is 23.2 Å². The van der Waals surface area contributed by atoms with Gasteiger partial charge in [-0.1, -0.05) is 29.8 Å². The molecule has 2 aliphatic rings. The fraction of sp³-hybridized carbons (Fsp3) is 0.409. The highest BCUT2D eigenvalue weighted by Gasteiger charge is 2.23. The summed E-state index contributed by atoms with van der Waals surface area (Å²) < 4.78 is 5.72. The fourth-order valence-electron chi connectivity index (χ4n) is 3.91. The number of hydrogen-bond donors (Lipinski definition) is 0. The average molecular weight is 400 g/mol. The second-order valence-electron chi connectivity index (χ2n) is 7.30. The fourth-order valence-corrected chi connectivity index (χ4v) is 4.09. The van der Waals surface area contributed by atoms with Gasteiger partial charge in [-0.3, -0.25) is 9.69 Å². The average Bonchev–Trinajstić information content (AvgIpc) is 2.88. The minimum Gasteiger partial charge on any atom is -0.491 e. The molecule has 0 aromatic heterocycles. The quantitative estimate of drug-likeness (QED) is 0.772. The predicted octanol–water partition coefficient (Wildman–Crippen LogP) is 3.39. The van der Waals surface area contributed by atoms with Crippen LogP contribution in [0.2, 0.25) is 5.02 Å². The van der Waals surface area contributed by atoms with Gasteiger partial charge < -0.3 is 14.5 Å². The lowest BCUT2D eigenvalue weighted by molar-refractivity contribution is 0.0747. The van der Waals surface area contributed by atoms with Crippen molar-refractivity contribution < 1.29 is 9.53 Å². The molecule has 0 bridgehead atoms. The van der Waals surface area contributed by atoms with Gasteiger partial charge in [0.1, 0.15) is 12.4 Å². The summed E-state index contributed by atoms with van der Waals surface area (Å²) >= 11 is 6.11. The van der Waals surface area contributed by atoms with Crippen molar-refractivity contribution in [3.8, 4) is 5.75 Å². The molecule has 0 radical (unpaired) electrons.